The molecule has 2 aromatic heterocycles. The highest BCUT2D eigenvalue weighted by atomic mass is 16.4. The van der Waals surface area contributed by atoms with Crippen LogP contribution in [0.2, 0.25) is 0 Å². The van der Waals surface area contributed by atoms with Crippen LogP contribution in [0.5, 0.6) is 0 Å². The average molecular weight is 222 g/mol. The van der Waals surface area contributed by atoms with Gasteiger partial charge in [0.05, 0.1) is 24.0 Å². The van der Waals surface area contributed by atoms with Crippen LogP contribution >= 0.6 is 0 Å². The van der Waals surface area contributed by atoms with Gasteiger partial charge in [-0.15, -0.1) is 0 Å². The molecule has 0 aromatic carbocycles. The molecule has 0 radical (unpaired) electrons. The molecule has 16 heavy (non-hydrogen) atoms. The lowest BCUT2D eigenvalue weighted by Gasteiger charge is -2.05. The predicted octanol–water partition coefficient (Wildman–Crippen LogP) is 0.550. The number of carbonyl (C=O) groups is 1. The maximum absolute atomic E-state index is 10.5. The number of fused-ring (bicyclic) bond motifs is 1. The Hall–Kier alpha value is -2.15. The molecule has 3 N–H and O–H groups in total. The van der Waals surface area contributed by atoms with Gasteiger partial charge in [-0.25, -0.2) is 9.78 Å². The molecule has 0 bridgehead atoms. The summed E-state index contributed by atoms with van der Waals surface area (Å²) in [5.41, 5.74) is 1.08. The number of rotatable bonds is 2. The summed E-state index contributed by atoms with van der Waals surface area (Å²) in [6, 6.07) is 1.57. The first-order valence-corrected chi connectivity index (χ1v) is 4.54. The van der Waals surface area contributed by atoms with Gasteiger partial charge in [0.25, 0.3) is 0 Å². The molecule has 2 rings (SSSR count). The summed E-state index contributed by atoms with van der Waals surface area (Å²) >= 11 is 0. The lowest BCUT2D eigenvalue weighted by atomic mass is 10.2. The Morgan fingerprint density at radius 2 is 2.38 bits per heavy atom. The number of anilines is 1. The van der Waals surface area contributed by atoms with Crippen molar-refractivity contribution in [1.29, 1.82) is 0 Å². The number of amides is 1. The number of hydrogen-bond donors (Lipinski definition) is 3. The van der Waals surface area contributed by atoms with Crippen molar-refractivity contribution in [3.8, 4) is 0 Å². The van der Waals surface area contributed by atoms with E-state index in [0.29, 0.717) is 11.2 Å². The summed E-state index contributed by atoms with van der Waals surface area (Å²) in [6.45, 7) is -0.273. The smallest absolute Gasteiger partial charge is 0.410 e. The van der Waals surface area contributed by atoms with Gasteiger partial charge in [0.15, 0.2) is 0 Å². The number of aliphatic hydroxyl groups excluding tert-OH is 1. The molecule has 1 amide bonds. The Morgan fingerprint density at radius 3 is 3.00 bits per heavy atom. The molecule has 84 valence electrons. The molecular weight excluding hydrogens is 212 g/mol. The summed E-state index contributed by atoms with van der Waals surface area (Å²) in [5.74, 6) is 0.178. The Morgan fingerprint density at radius 1 is 1.62 bits per heavy atom. The van der Waals surface area contributed by atoms with E-state index in [1.54, 1.807) is 24.0 Å². The monoisotopic (exact) mass is 222 g/mol. The van der Waals surface area contributed by atoms with E-state index in [-0.39, 0.29) is 12.4 Å². The quantitative estimate of drug-likeness (QED) is 0.688. The normalized spacial score (nSPS) is 10.6. The fourth-order valence-electron chi connectivity index (χ4n) is 1.58. The van der Waals surface area contributed by atoms with E-state index in [4.69, 9.17) is 10.2 Å². The van der Waals surface area contributed by atoms with Gasteiger partial charge in [0.1, 0.15) is 5.82 Å². The van der Waals surface area contributed by atoms with Crippen LogP contribution in [0.15, 0.2) is 12.3 Å². The lowest BCUT2D eigenvalue weighted by molar-refractivity contribution is 0.209. The van der Waals surface area contributed by atoms with E-state index in [1.807, 2.05) is 0 Å². The summed E-state index contributed by atoms with van der Waals surface area (Å²) in [6.07, 6.45) is 0.392. The summed E-state index contributed by atoms with van der Waals surface area (Å²) < 4.78 is 1.58. The zero-order valence-electron chi connectivity index (χ0n) is 8.51. The molecule has 0 saturated carbocycles. The third kappa shape index (κ3) is 1.68. The molecule has 2 aromatic rings. The van der Waals surface area contributed by atoms with Crippen LogP contribution in [0.25, 0.3) is 10.9 Å². The van der Waals surface area contributed by atoms with Crippen molar-refractivity contribution in [3.05, 3.63) is 18.0 Å². The van der Waals surface area contributed by atoms with Crippen LogP contribution in [0.1, 0.15) is 5.69 Å². The minimum atomic E-state index is -1.19. The van der Waals surface area contributed by atoms with Gasteiger partial charge >= 0.3 is 6.09 Å². The Labute approximate surface area is 90.3 Å². The number of hydrogen-bond acceptors (Lipinski definition) is 4. The van der Waals surface area contributed by atoms with E-state index in [9.17, 15) is 4.79 Å². The number of pyridine rings is 1. The van der Waals surface area contributed by atoms with Crippen molar-refractivity contribution in [2.75, 3.05) is 5.32 Å². The highest BCUT2D eigenvalue weighted by Crippen LogP contribution is 2.20. The number of aliphatic hydroxyl groups is 1. The Balaban J connectivity index is 2.60. The molecule has 2 heterocycles. The van der Waals surface area contributed by atoms with Gasteiger partial charge in [0.2, 0.25) is 0 Å². The molecule has 7 heteroatoms. The van der Waals surface area contributed by atoms with Crippen LogP contribution in [0.4, 0.5) is 10.6 Å². The first-order valence-electron chi connectivity index (χ1n) is 4.54. The van der Waals surface area contributed by atoms with Crippen LogP contribution in [-0.4, -0.2) is 31.1 Å². The molecule has 0 unspecified atom stereocenters. The van der Waals surface area contributed by atoms with Crippen molar-refractivity contribution in [3.63, 3.8) is 0 Å². The van der Waals surface area contributed by atoms with Gasteiger partial charge in [-0.05, 0) is 6.07 Å². The Bertz CT molecular complexity index is 549. The SMILES string of the molecule is Cn1ncc2cc(NC(=O)O)nc(CO)c21. The molecule has 0 saturated heterocycles. The average Bonchev–Trinajstić information content (AvgIpc) is 2.58. The third-order valence-electron chi connectivity index (χ3n) is 2.17. The maximum atomic E-state index is 10.5. The fraction of sp³-hybridized carbons (Fsp3) is 0.222. The van der Waals surface area contributed by atoms with Crippen molar-refractivity contribution in [1.82, 2.24) is 14.8 Å². The van der Waals surface area contributed by atoms with Crippen LogP contribution < -0.4 is 5.32 Å². The summed E-state index contributed by atoms with van der Waals surface area (Å²) in [5, 5.41) is 24.6. The van der Waals surface area contributed by atoms with Gasteiger partial charge < -0.3 is 10.2 Å². The molecule has 7 nitrogen and oxygen atoms in total. The van der Waals surface area contributed by atoms with Gasteiger partial charge in [0, 0.05) is 12.4 Å². The fourth-order valence-corrected chi connectivity index (χ4v) is 1.58. The number of carboxylic acid groups (broad SMARTS) is 1. The molecule has 0 spiro atoms. The number of aromatic nitrogens is 3. The predicted molar refractivity (Wildman–Crippen MR) is 56.1 cm³/mol. The van der Waals surface area contributed by atoms with E-state index >= 15 is 0 Å². The lowest BCUT2D eigenvalue weighted by Crippen LogP contribution is -2.10. The second-order valence-electron chi connectivity index (χ2n) is 3.25. The second kappa shape index (κ2) is 3.78. The number of nitrogens with zero attached hydrogens (tertiary/aromatic N) is 3. The first kappa shape index (κ1) is 10.4. The van der Waals surface area contributed by atoms with Crippen LogP contribution in [0.3, 0.4) is 0 Å². The maximum Gasteiger partial charge on any atom is 0.410 e. The van der Waals surface area contributed by atoms with Crippen molar-refractivity contribution >= 4 is 22.8 Å². The summed E-state index contributed by atoms with van der Waals surface area (Å²) in [4.78, 5) is 14.5. The minimum absolute atomic E-state index is 0.178. The van der Waals surface area contributed by atoms with Gasteiger partial charge in [-0.1, -0.05) is 0 Å². The van der Waals surface area contributed by atoms with E-state index in [2.05, 4.69) is 15.4 Å². The Kier molecular flexibility index (Phi) is 2.45. The molecule has 0 atom stereocenters. The molecule has 0 aliphatic rings. The molecule has 0 aliphatic heterocycles. The highest BCUT2D eigenvalue weighted by Gasteiger charge is 2.10. The van der Waals surface area contributed by atoms with Crippen LogP contribution in [-0.2, 0) is 13.7 Å². The number of nitrogens with one attached hydrogen (secondary N) is 1. The molecular formula is C9H10N4O3. The molecule has 0 fully saturated rings. The molecule has 0 aliphatic carbocycles. The van der Waals surface area contributed by atoms with Crippen molar-refractivity contribution < 1.29 is 15.0 Å². The zero-order chi connectivity index (χ0) is 11.7. The van der Waals surface area contributed by atoms with Crippen molar-refractivity contribution in [2.45, 2.75) is 6.61 Å². The van der Waals surface area contributed by atoms with Gasteiger partial charge in [-0.2, -0.15) is 5.10 Å². The third-order valence-corrected chi connectivity index (χ3v) is 2.17. The van der Waals surface area contributed by atoms with Gasteiger partial charge in [-0.3, -0.25) is 10.00 Å². The second-order valence-corrected chi connectivity index (χ2v) is 3.25. The van der Waals surface area contributed by atoms with E-state index < -0.39 is 6.09 Å². The minimum Gasteiger partial charge on any atom is -0.465 e. The topological polar surface area (TPSA) is 100 Å². The zero-order valence-corrected chi connectivity index (χ0v) is 8.51. The highest BCUT2D eigenvalue weighted by molar-refractivity contribution is 5.88. The largest absolute Gasteiger partial charge is 0.465 e. The standard InChI is InChI=1S/C9H10N4O3/c1-13-8-5(3-10-13)2-7(12-9(15)16)11-6(8)4-14/h2-3,14H,4H2,1H3,(H,11,12)(H,15,16). The van der Waals surface area contributed by atoms with E-state index in [0.717, 1.165) is 5.39 Å². The number of aryl methyl sites for hydroxylation is 1. The van der Waals surface area contributed by atoms with E-state index in [1.165, 1.54) is 0 Å². The first-order chi connectivity index (χ1) is 7.61. The van der Waals surface area contributed by atoms with Crippen LogP contribution in [0, 0.1) is 0 Å². The van der Waals surface area contributed by atoms with Crippen molar-refractivity contribution in [2.24, 2.45) is 7.05 Å². The summed E-state index contributed by atoms with van der Waals surface area (Å²) in [7, 11) is 1.73.